The molecule has 4 unspecified atom stereocenters. The molecule has 184 valence electrons. The lowest BCUT2D eigenvalue weighted by Crippen LogP contribution is -2.36. The van der Waals surface area contributed by atoms with Gasteiger partial charge < -0.3 is 0 Å². The van der Waals surface area contributed by atoms with Crippen molar-refractivity contribution in [3.8, 4) is 0 Å². The van der Waals surface area contributed by atoms with Crippen LogP contribution in [0.1, 0.15) is 103 Å². The summed E-state index contributed by atoms with van der Waals surface area (Å²) in [6, 6.07) is 0. The molecule has 4 aliphatic carbocycles. The smallest absolute Gasteiger partial charge is 0.134 e. The first-order valence-electron chi connectivity index (χ1n) is 15.1. The van der Waals surface area contributed by atoms with Crippen molar-refractivity contribution in [2.24, 2.45) is 23.7 Å². The van der Waals surface area contributed by atoms with Crippen molar-refractivity contribution >= 4 is 13.1 Å². The van der Waals surface area contributed by atoms with E-state index in [0.717, 1.165) is 23.7 Å². The highest BCUT2D eigenvalue weighted by molar-refractivity contribution is 6.79. The lowest BCUT2D eigenvalue weighted by atomic mass is 9.92. The van der Waals surface area contributed by atoms with Gasteiger partial charge in [0.2, 0.25) is 0 Å². The fraction of sp³-hybridized carbons (Fsp3) is 0.750. The van der Waals surface area contributed by atoms with E-state index in [4.69, 9.17) is 0 Å². The Bertz CT molecular complexity index is 550. The third-order valence-electron chi connectivity index (χ3n) is 10.3. The van der Waals surface area contributed by atoms with Crippen molar-refractivity contribution in [1.82, 2.24) is 0 Å². The van der Waals surface area contributed by atoms with Crippen LogP contribution < -0.4 is 0 Å². The third kappa shape index (κ3) is 8.90. The first-order chi connectivity index (χ1) is 16.3. The molecule has 0 saturated carbocycles. The molecule has 0 aliphatic heterocycles. The van der Waals surface area contributed by atoms with E-state index in [2.05, 4.69) is 48.6 Å². The van der Waals surface area contributed by atoms with Gasteiger partial charge in [0.15, 0.2) is 0 Å². The summed E-state index contributed by atoms with van der Waals surface area (Å²) in [6.45, 7) is 0. The number of hydrogen-bond donors (Lipinski definition) is 0. The summed E-state index contributed by atoms with van der Waals surface area (Å²) in [5.74, 6) is 4.01. The third-order valence-corrected chi connectivity index (χ3v) is 16.5. The van der Waals surface area contributed by atoms with Crippen molar-refractivity contribution in [2.75, 3.05) is 0 Å². The molecule has 0 radical (unpaired) electrons. The monoisotopic (exact) mass is 463 g/mol. The van der Waals surface area contributed by atoms with Gasteiger partial charge in [-0.05, 0) is 101 Å². The van der Waals surface area contributed by atoms with Crippen LogP contribution in [0, 0.1) is 23.7 Å². The zero-order valence-corrected chi connectivity index (χ0v) is 22.8. The van der Waals surface area contributed by atoms with Gasteiger partial charge in [-0.3, -0.25) is 0 Å². The highest BCUT2D eigenvalue weighted by atomic mass is 27.2. The normalized spacial score (nSPS) is 31.5. The quantitative estimate of drug-likeness (QED) is 0.199. The van der Waals surface area contributed by atoms with E-state index < -0.39 is 13.1 Å². The highest BCUT2D eigenvalue weighted by Crippen LogP contribution is 2.41. The molecular weight excluding hydrogens is 411 g/mol. The summed E-state index contributed by atoms with van der Waals surface area (Å²) < 4.78 is 0. The van der Waals surface area contributed by atoms with Crippen LogP contribution in [0.3, 0.4) is 0 Å². The van der Waals surface area contributed by atoms with Gasteiger partial charge in [-0.25, -0.2) is 0 Å². The molecule has 33 heavy (non-hydrogen) atoms. The average molecular weight is 464 g/mol. The summed E-state index contributed by atoms with van der Waals surface area (Å²) in [5, 5.41) is 6.72. The largest absolute Gasteiger partial charge is 0.191 e. The Labute approximate surface area is 208 Å². The number of rotatable bonds is 12. The standard InChI is InChI=1S/4C8H13.Al/c4*1-2-8-6-4-3-5-7-8;/h4*3-4,8H,1-2,5-7H2;/q;;;;-1. The maximum absolute atomic E-state index is 2.50. The van der Waals surface area contributed by atoms with Crippen LogP contribution >= 0.6 is 0 Å². The minimum absolute atomic E-state index is 1.00. The van der Waals surface area contributed by atoms with E-state index in [1.165, 1.54) is 77.0 Å². The molecule has 0 N–H and O–H groups in total. The van der Waals surface area contributed by atoms with Crippen LogP contribution in [-0.4, -0.2) is 13.1 Å². The molecule has 0 aromatic carbocycles. The second-order valence-electron chi connectivity index (χ2n) is 12.6. The topological polar surface area (TPSA) is 0 Å². The summed E-state index contributed by atoms with van der Waals surface area (Å²) in [7, 11) is 0. The van der Waals surface area contributed by atoms with Crippen LogP contribution in [0.5, 0.6) is 0 Å². The molecular formula is C32H52Al-. The van der Waals surface area contributed by atoms with Crippen molar-refractivity contribution in [3.63, 3.8) is 0 Å². The Kier molecular flexibility index (Phi) is 11.0. The lowest BCUT2D eigenvalue weighted by molar-refractivity contribution is 0.435. The van der Waals surface area contributed by atoms with Crippen LogP contribution in [0.15, 0.2) is 48.6 Å². The molecule has 0 nitrogen and oxygen atoms in total. The molecule has 4 rings (SSSR count). The van der Waals surface area contributed by atoms with Crippen LogP contribution in [0.4, 0.5) is 0 Å². The molecule has 4 aliphatic rings. The van der Waals surface area contributed by atoms with E-state index in [1.807, 2.05) is 0 Å². The minimum Gasteiger partial charge on any atom is -0.191 e. The fourth-order valence-corrected chi connectivity index (χ4v) is 14.1. The van der Waals surface area contributed by atoms with Gasteiger partial charge in [0, 0.05) is 0 Å². The van der Waals surface area contributed by atoms with Gasteiger partial charge in [0.05, 0.1) is 0 Å². The van der Waals surface area contributed by atoms with Gasteiger partial charge in [-0.15, -0.1) is 0 Å². The summed E-state index contributed by atoms with van der Waals surface area (Å²) in [4.78, 5) is 0. The van der Waals surface area contributed by atoms with Crippen molar-refractivity contribution in [2.45, 2.75) is 124 Å². The predicted octanol–water partition coefficient (Wildman–Crippen LogP) is 10.4. The predicted molar refractivity (Wildman–Crippen MR) is 149 cm³/mol. The Morgan fingerprint density at radius 2 is 0.667 bits per heavy atom. The molecule has 0 bridgehead atoms. The van der Waals surface area contributed by atoms with Crippen LogP contribution in [-0.2, 0) is 0 Å². The zero-order chi connectivity index (χ0) is 22.6. The van der Waals surface area contributed by atoms with Gasteiger partial charge in [0.1, 0.15) is 13.1 Å². The summed E-state index contributed by atoms with van der Waals surface area (Å²) in [6.07, 6.45) is 42.8. The van der Waals surface area contributed by atoms with E-state index >= 15 is 0 Å². The summed E-state index contributed by atoms with van der Waals surface area (Å²) >= 11 is -1.60. The average Bonchev–Trinajstić information content (AvgIpc) is 2.90. The number of allylic oxidation sites excluding steroid dienone is 8. The minimum atomic E-state index is -1.60. The molecule has 0 saturated heterocycles. The molecule has 4 atom stereocenters. The Hall–Kier alpha value is -0.508. The van der Waals surface area contributed by atoms with Gasteiger partial charge in [0.25, 0.3) is 0 Å². The van der Waals surface area contributed by atoms with Crippen molar-refractivity contribution in [3.05, 3.63) is 48.6 Å². The lowest BCUT2D eigenvalue weighted by Gasteiger charge is -2.41. The van der Waals surface area contributed by atoms with Crippen LogP contribution in [0.25, 0.3) is 0 Å². The molecule has 0 spiro atoms. The van der Waals surface area contributed by atoms with Gasteiger partial charge in [-0.1, -0.05) is 74.3 Å². The van der Waals surface area contributed by atoms with E-state index in [0.29, 0.717) is 0 Å². The Balaban J connectivity index is 1.42. The molecule has 0 aromatic heterocycles. The molecule has 0 amide bonds. The van der Waals surface area contributed by atoms with Gasteiger partial charge >= 0.3 is 0 Å². The number of hydrogen-bond acceptors (Lipinski definition) is 0. The van der Waals surface area contributed by atoms with Crippen molar-refractivity contribution < 1.29 is 0 Å². The SMILES string of the molecule is C1=CCC(C[CH2][Al-]([CH2]CC2CC=CCC2)([CH2]CC2CC=CCC2)[CH2]CC2CC=CCC2)CC1. The molecule has 1 heteroatoms. The Morgan fingerprint density at radius 1 is 0.394 bits per heavy atom. The van der Waals surface area contributed by atoms with Gasteiger partial charge in [-0.2, -0.15) is 21.1 Å². The van der Waals surface area contributed by atoms with E-state index in [1.54, 1.807) is 46.8 Å². The summed E-state index contributed by atoms with van der Waals surface area (Å²) in [5.41, 5.74) is 0. The maximum atomic E-state index is 2.50. The molecule has 0 heterocycles. The van der Waals surface area contributed by atoms with E-state index in [-0.39, 0.29) is 0 Å². The van der Waals surface area contributed by atoms with Crippen molar-refractivity contribution in [1.29, 1.82) is 0 Å². The second kappa shape index (κ2) is 14.1. The fourth-order valence-electron chi connectivity index (χ4n) is 7.70. The maximum Gasteiger partial charge on any atom is 0.134 e. The first-order valence-corrected chi connectivity index (χ1v) is 18.4. The van der Waals surface area contributed by atoms with E-state index in [9.17, 15) is 0 Å². The van der Waals surface area contributed by atoms with Crippen LogP contribution in [0.2, 0.25) is 21.1 Å². The zero-order valence-electron chi connectivity index (χ0n) is 21.6. The molecule has 0 fully saturated rings. The first kappa shape index (κ1) is 25.6. The molecule has 0 aromatic rings. The Morgan fingerprint density at radius 3 is 0.879 bits per heavy atom. The second-order valence-corrected chi connectivity index (χ2v) is 18.4. The highest BCUT2D eigenvalue weighted by Gasteiger charge is 2.32.